The molecule has 1 aromatic heterocycles. The number of hydrogen-bond donors (Lipinski definition) is 2. The van der Waals surface area contributed by atoms with Gasteiger partial charge in [0.05, 0.1) is 19.3 Å². The topological polar surface area (TPSA) is 48.9 Å². The first-order valence-corrected chi connectivity index (χ1v) is 10.1. The zero-order chi connectivity index (χ0) is 18.2. The summed E-state index contributed by atoms with van der Waals surface area (Å²) >= 11 is 7.93. The molecule has 1 fully saturated rings. The van der Waals surface area contributed by atoms with Crippen molar-refractivity contribution in [1.82, 2.24) is 15.5 Å². The molecule has 27 heavy (non-hydrogen) atoms. The molecule has 0 aliphatic carbocycles. The van der Waals surface area contributed by atoms with Crippen LogP contribution in [0.5, 0.6) is 0 Å². The highest BCUT2D eigenvalue weighted by Gasteiger charge is 2.23. The highest BCUT2D eigenvalue weighted by molar-refractivity contribution is 14.0. The molecule has 1 atom stereocenters. The summed E-state index contributed by atoms with van der Waals surface area (Å²) in [7, 11) is 1.80. The van der Waals surface area contributed by atoms with E-state index in [1.807, 2.05) is 18.2 Å². The van der Waals surface area contributed by atoms with Gasteiger partial charge >= 0.3 is 0 Å². The summed E-state index contributed by atoms with van der Waals surface area (Å²) < 4.78 is 5.51. The second-order valence-electron chi connectivity index (χ2n) is 6.16. The zero-order valence-electron chi connectivity index (χ0n) is 15.4. The van der Waals surface area contributed by atoms with Gasteiger partial charge in [0, 0.05) is 38.2 Å². The summed E-state index contributed by atoms with van der Waals surface area (Å²) in [6.45, 7) is 4.89. The highest BCUT2D eigenvalue weighted by atomic mass is 127. The molecule has 0 radical (unpaired) electrons. The lowest BCUT2D eigenvalue weighted by Crippen LogP contribution is -2.46. The maximum absolute atomic E-state index is 6.23. The van der Waals surface area contributed by atoms with E-state index >= 15 is 0 Å². The van der Waals surface area contributed by atoms with E-state index in [4.69, 9.17) is 16.3 Å². The molecule has 8 heteroatoms. The largest absolute Gasteiger partial charge is 0.379 e. The van der Waals surface area contributed by atoms with Crippen LogP contribution in [0.2, 0.25) is 5.02 Å². The Balaban J connectivity index is 0.00000261. The van der Waals surface area contributed by atoms with Crippen LogP contribution in [0.1, 0.15) is 17.2 Å². The molecular weight excluding hydrogens is 495 g/mol. The first-order chi connectivity index (χ1) is 12.8. The summed E-state index contributed by atoms with van der Waals surface area (Å²) in [6.07, 6.45) is 0. The molecule has 2 N–H and O–H groups in total. The monoisotopic (exact) mass is 520 g/mol. The van der Waals surface area contributed by atoms with E-state index in [0.29, 0.717) is 0 Å². The van der Waals surface area contributed by atoms with Crippen LogP contribution in [-0.4, -0.2) is 50.8 Å². The predicted octanol–water partition coefficient (Wildman–Crippen LogP) is 3.76. The minimum Gasteiger partial charge on any atom is -0.379 e. The summed E-state index contributed by atoms with van der Waals surface area (Å²) in [6, 6.07) is 10.4. The maximum Gasteiger partial charge on any atom is 0.191 e. The molecule has 0 spiro atoms. The van der Waals surface area contributed by atoms with E-state index in [2.05, 4.69) is 43.4 Å². The lowest BCUT2D eigenvalue weighted by Gasteiger charge is -2.35. The minimum atomic E-state index is 0. The number of morpholine rings is 1. The van der Waals surface area contributed by atoms with Crippen molar-refractivity contribution >= 4 is 52.9 Å². The average molecular weight is 521 g/mol. The number of ether oxygens (including phenoxy) is 1. The average Bonchev–Trinajstić information content (AvgIpc) is 3.19. The number of halogens is 2. The van der Waals surface area contributed by atoms with Gasteiger partial charge in [0.2, 0.25) is 0 Å². The van der Waals surface area contributed by atoms with E-state index < -0.39 is 0 Å². The lowest BCUT2D eigenvalue weighted by atomic mass is 10.0. The van der Waals surface area contributed by atoms with Gasteiger partial charge in [-0.1, -0.05) is 23.7 Å². The van der Waals surface area contributed by atoms with Gasteiger partial charge in [-0.05, 0) is 40.1 Å². The van der Waals surface area contributed by atoms with Gasteiger partial charge in [0.15, 0.2) is 5.96 Å². The normalized spacial score (nSPS) is 16.4. The van der Waals surface area contributed by atoms with Crippen LogP contribution >= 0.6 is 46.9 Å². The van der Waals surface area contributed by atoms with Crippen LogP contribution in [0.3, 0.4) is 0 Å². The van der Waals surface area contributed by atoms with Crippen LogP contribution in [0.15, 0.2) is 46.1 Å². The Kier molecular flexibility index (Phi) is 9.84. The molecule has 1 aliphatic heterocycles. The van der Waals surface area contributed by atoms with Gasteiger partial charge in [-0.3, -0.25) is 9.89 Å². The van der Waals surface area contributed by atoms with E-state index in [1.54, 1.807) is 18.4 Å². The fourth-order valence-corrected chi connectivity index (χ4v) is 3.92. The van der Waals surface area contributed by atoms with Crippen LogP contribution in [0, 0.1) is 0 Å². The third kappa shape index (κ3) is 6.90. The van der Waals surface area contributed by atoms with Gasteiger partial charge in [0.25, 0.3) is 0 Å². The molecule has 1 aromatic carbocycles. The summed E-state index contributed by atoms with van der Waals surface area (Å²) in [5, 5.41) is 11.8. The second-order valence-corrected chi connectivity index (χ2v) is 7.37. The molecule has 2 heterocycles. The van der Waals surface area contributed by atoms with Crippen molar-refractivity contribution in [3.8, 4) is 0 Å². The third-order valence-electron chi connectivity index (χ3n) is 4.45. The van der Waals surface area contributed by atoms with Crippen molar-refractivity contribution in [2.45, 2.75) is 12.6 Å². The maximum atomic E-state index is 6.23. The molecule has 3 rings (SSSR count). The summed E-state index contributed by atoms with van der Waals surface area (Å²) in [5.41, 5.74) is 2.47. The molecule has 2 aromatic rings. The number of benzene rings is 1. The minimum absolute atomic E-state index is 0. The summed E-state index contributed by atoms with van der Waals surface area (Å²) in [5.74, 6) is 0.802. The highest BCUT2D eigenvalue weighted by Crippen LogP contribution is 2.23. The van der Waals surface area contributed by atoms with Crippen molar-refractivity contribution in [1.29, 1.82) is 0 Å². The van der Waals surface area contributed by atoms with Crippen LogP contribution in [0.4, 0.5) is 0 Å². The van der Waals surface area contributed by atoms with Crippen molar-refractivity contribution in [3.63, 3.8) is 0 Å². The van der Waals surface area contributed by atoms with Crippen LogP contribution in [0.25, 0.3) is 0 Å². The van der Waals surface area contributed by atoms with E-state index in [-0.39, 0.29) is 30.0 Å². The first-order valence-electron chi connectivity index (χ1n) is 8.79. The number of nitrogens with zero attached hydrogens (tertiary/aromatic N) is 2. The number of rotatable bonds is 6. The number of aliphatic imine (C=N–C) groups is 1. The van der Waals surface area contributed by atoms with Gasteiger partial charge in [0.1, 0.15) is 0 Å². The molecular formula is C19H26ClIN4OS. The van der Waals surface area contributed by atoms with Crippen molar-refractivity contribution < 1.29 is 4.74 Å². The Labute approximate surface area is 187 Å². The number of hydrogen-bond acceptors (Lipinski definition) is 4. The smallest absolute Gasteiger partial charge is 0.191 e. The molecule has 5 nitrogen and oxygen atoms in total. The second kappa shape index (κ2) is 11.9. The fourth-order valence-electron chi connectivity index (χ4n) is 3.05. The van der Waals surface area contributed by atoms with E-state index in [9.17, 15) is 0 Å². The summed E-state index contributed by atoms with van der Waals surface area (Å²) in [4.78, 5) is 6.78. The lowest BCUT2D eigenvalue weighted by molar-refractivity contribution is 0.0170. The Morgan fingerprint density at radius 1 is 1.30 bits per heavy atom. The number of guanidine groups is 1. The zero-order valence-corrected chi connectivity index (χ0v) is 19.3. The molecule has 0 saturated carbocycles. The molecule has 148 valence electrons. The van der Waals surface area contributed by atoms with Gasteiger partial charge in [-0.25, -0.2) is 0 Å². The van der Waals surface area contributed by atoms with Gasteiger partial charge in [-0.2, -0.15) is 11.3 Å². The first kappa shape index (κ1) is 22.4. The quantitative estimate of drug-likeness (QED) is 0.346. The van der Waals surface area contributed by atoms with Crippen LogP contribution in [-0.2, 0) is 11.3 Å². The molecule has 0 amide bonds. The fraction of sp³-hybridized carbons (Fsp3) is 0.421. The standard InChI is InChI=1S/C19H25ClN4OS.HI/c1-21-19(22-12-15-5-10-26-14-15)23-13-18(24-6-8-25-9-7-24)16-3-2-4-17(20)11-16;/h2-5,10-11,14,18H,6-9,12-13H2,1H3,(H2,21,22,23);1H. The van der Waals surface area contributed by atoms with E-state index in [0.717, 1.165) is 50.4 Å². The number of thiophene rings is 1. The molecule has 1 aliphatic rings. The van der Waals surface area contributed by atoms with Crippen molar-refractivity contribution in [2.24, 2.45) is 4.99 Å². The van der Waals surface area contributed by atoms with Crippen molar-refractivity contribution in [3.05, 3.63) is 57.2 Å². The van der Waals surface area contributed by atoms with Crippen LogP contribution < -0.4 is 10.6 Å². The Bertz CT molecular complexity index is 707. The number of nitrogens with one attached hydrogen (secondary N) is 2. The molecule has 1 unspecified atom stereocenters. The SMILES string of the molecule is CN=C(NCc1ccsc1)NCC(c1cccc(Cl)c1)N1CCOCC1.I. The van der Waals surface area contributed by atoms with Gasteiger partial charge < -0.3 is 15.4 Å². The Morgan fingerprint density at radius 3 is 2.78 bits per heavy atom. The molecule has 1 saturated heterocycles. The van der Waals surface area contributed by atoms with Crippen molar-refractivity contribution in [2.75, 3.05) is 39.9 Å². The van der Waals surface area contributed by atoms with E-state index in [1.165, 1.54) is 11.1 Å². The third-order valence-corrected chi connectivity index (χ3v) is 5.41. The Hall–Kier alpha value is -0.870. The predicted molar refractivity (Wildman–Crippen MR) is 125 cm³/mol. The molecule has 0 bridgehead atoms. The Morgan fingerprint density at radius 2 is 2.11 bits per heavy atom. The van der Waals surface area contributed by atoms with Gasteiger partial charge in [-0.15, -0.1) is 24.0 Å².